The number of anilines is 1. The summed E-state index contributed by atoms with van der Waals surface area (Å²) in [7, 11) is 0. The summed E-state index contributed by atoms with van der Waals surface area (Å²) < 4.78 is 27.5. The Morgan fingerprint density at radius 3 is 2.55 bits per heavy atom. The van der Waals surface area contributed by atoms with Crippen molar-refractivity contribution in [3.63, 3.8) is 0 Å². The normalized spacial score (nSPS) is 11.5. The fourth-order valence-electron chi connectivity index (χ4n) is 3.23. The van der Waals surface area contributed by atoms with Crippen LogP contribution in [-0.2, 0) is 19.4 Å². The number of imidazole rings is 1. The molecule has 0 spiro atoms. The molecule has 5 nitrogen and oxygen atoms in total. The van der Waals surface area contributed by atoms with Crippen molar-refractivity contribution in [1.29, 1.82) is 0 Å². The maximum absolute atomic E-state index is 12.8. The lowest BCUT2D eigenvalue weighted by Gasteiger charge is -2.11. The average molecular weight is 480 g/mol. The predicted octanol–water partition coefficient (Wildman–Crippen LogP) is 5.92. The smallest absolute Gasteiger partial charge is 0.242 e. The lowest BCUT2D eigenvalue weighted by atomic mass is 10.1. The Kier molecular flexibility index (Phi) is 6.60. The van der Waals surface area contributed by atoms with Crippen LogP contribution in [0.2, 0.25) is 10.0 Å². The number of aromatic nitrogens is 4. The van der Waals surface area contributed by atoms with E-state index in [9.17, 15) is 8.78 Å². The zero-order valence-electron chi connectivity index (χ0n) is 16.1. The summed E-state index contributed by atoms with van der Waals surface area (Å²) in [5.74, 6) is 0.271. The molecule has 0 saturated heterocycles. The minimum absolute atomic E-state index is 0.271. The van der Waals surface area contributed by atoms with E-state index in [0.29, 0.717) is 44.9 Å². The number of hydrogen-bond acceptors (Lipinski definition) is 5. The van der Waals surface area contributed by atoms with Gasteiger partial charge in [0.2, 0.25) is 6.43 Å². The zero-order valence-corrected chi connectivity index (χ0v) is 18.4. The lowest BCUT2D eigenvalue weighted by molar-refractivity contribution is 0.149. The summed E-state index contributed by atoms with van der Waals surface area (Å²) in [6, 6.07) is 12.4. The Labute approximate surface area is 191 Å². The number of aryl methyl sites for hydroxylation is 1. The SMILES string of the molecule is Nc1ncnc2c1nc(Sc1cccc(CC(F)F)c1)n2CCc1c(Cl)cccc1Cl. The van der Waals surface area contributed by atoms with Crippen molar-refractivity contribution in [1.82, 2.24) is 19.5 Å². The lowest BCUT2D eigenvalue weighted by Crippen LogP contribution is -2.05. The molecule has 4 rings (SSSR count). The second kappa shape index (κ2) is 9.38. The van der Waals surface area contributed by atoms with Gasteiger partial charge in [0.05, 0.1) is 0 Å². The number of fused-ring (bicyclic) bond motifs is 1. The number of nitrogens with two attached hydrogens (primary N) is 1. The summed E-state index contributed by atoms with van der Waals surface area (Å²) >= 11 is 14.0. The molecule has 2 heterocycles. The molecule has 0 aliphatic carbocycles. The van der Waals surface area contributed by atoms with Crippen LogP contribution in [0.3, 0.4) is 0 Å². The van der Waals surface area contributed by atoms with Crippen molar-refractivity contribution in [2.75, 3.05) is 5.73 Å². The molecule has 0 saturated carbocycles. The minimum atomic E-state index is -2.40. The largest absolute Gasteiger partial charge is 0.382 e. The van der Waals surface area contributed by atoms with Gasteiger partial charge in [0.25, 0.3) is 0 Å². The van der Waals surface area contributed by atoms with Crippen molar-refractivity contribution < 1.29 is 8.78 Å². The maximum atomic E-state index is 12.8. The van der Waals surface area contributed by atoms with E-state index in [1.165, 1.54) is 18.1 Å². The molecule has 4 aromatic rings. The Bertz CT molecular complexity index is 1210. The molecule has 0 aliphatic rings. The van der Waals surface area contributed by atoms with Crippen LogP contribution < -0.4 is 5.73 Å². The summed E-state index contributed by atoms with van der Waals surface area (Å²) in [6.07, 6.45) is -0.766. The molecule has 0 atom stereocenters. The highest BCUT2D eigenvalue weighted by Crippen LogP contribution is 2.33. The van der Waals surface area contributed by atoms with Crippen molar-refractivity contribution >= 4 is 51.9 Å². The number of hydrogen-bond donors (Lipinski definition) is 1. The van der Waals surface area contributed by atoms with Crippen molar-refractivity contribution in [2.24, 2.45) is 0 Å². The highest BCUT2D eigenvalue weighted by molar-refractivity contribution is 7.99. The molecular formula is C21H17Cl2F2N5S. The monoisotopic (exact) mass is 479 g/mol. The van der Waals surface area contributed by atoms with E-state index in [2.05, 4.69) is 15.0 Å². The van der Waals surface area contributed by atoms with E-state index in [1.54, 1.807) is 36.4 Å². The Morgan fingerprint density at radius 2 is 1.81 bits per heavy atom. The standard InChI is InChI=1S/C21H17Cl2F2N5S/c22-15-5-2-6-16(23)14(15)7-8-30-20-18(19(26)27-11-28-20)29-21(30)31-13-4-1-3-12(9-13)10-17(24)25/h1-6,9,11,17H,7-8,10H2,(H2,26,27,28). The van der Waals surface area contributed by atoms with Crippen LogP contribution in [0, 0.1) is 0 Å². The Hall–Kier alpha value is -2.42. The van der Waals surface area contributed by atoms with E-state index >= 15 is 0 Å². The van der Waals surface area contributed by atoms with Gasteiger partial charge in [-0.3, -0.25) is 0 Å². The van der Waals surface area contributed by atoms with E-state index in [4.69, 9.17) is 28.9 Å². The molecule has 2 aromatic heterocycles. The molecule has 2 aromatic carbocycles. The van der Waals surface area contributed by atoms with Gasteiger partial charge in [-0.15, -0.1) is 0 Å². The first-order valence-corrected chi connectivity index (χ1v) is 10.9. The fourth-order valence-corrected chi connectivity index (χ4v) is 4.81. The van der Waals surface area contributed by atoms with Crippen LogP contribution in [0.1, 0.15) is 11.1 Å². The quantitative estimate of drug-likeness (QED) is 0.356. The first-order chi connectivity index (χ1) is 14.9. The van der Waals surface area contributed by atoms with Gasteiger partial charge in [-0.2, -0.15) is 0 Å². The van der Waals surface area contributed by atoms with Crippen LogP contribution in [0.5, 0.6) is 0 Å². The highest BCUT2D eigenvalue weighted by atomic mass is 35.5. The molecule has 0 amide bonds. The Morgan fingerprint density at radius 1 is 1.06 bits per heavy atom. The fraction of sp³-hybridized carbons (Fsp3) is 0.190. The summed E-state index contributed by atoms with van der Waals surface area (Å²) in [6.45, 7) is 0.496. The Balaban J connectivity index is 1.69. The average Bonchev–Trinajstić information content (AvgIpc) is 3.06. The third-order valence-corrected chi connectivity index (χ3v) is 6.36. The number of benzene rings is 2. The first-order valence-electron chi connectivity index (χ1n) is 9.37. The molecule has 0 bridgehead atoms. The molecule has 0 radical (unpaired) electrons. The number of rotatable bonds is 7. The second-order valence-corrected chi connectivity index (χ2v) is 8.63. The van der Waals surface area contributed by atoms with Gasteiger partial charge >= 0.3 is 0 Å². The van der Waals surface area contributed by atoms with Crippen LogP contribution in [-0.4, -0.2) is 25.9 Å². The number of nitrogens with zero attached hydrogens (tertiary/aromatic N) is 4. The molecule has 0 unspecified atom stereocenters. The van der Waals surface area contributed by atoms with Crippen LogP contribution >= 0.6 is 35.0 Å². The summed E-state index contributed by atoms with van der Waals surface area (Å²) in [4.78, 5) is 13.8. The van der Waals surface area contributed by atoms with Crippen molar-refractivity contribution in [3.8, 4) is 0 Å². The number of nitrogen functional groups attached to an aromatic ring is 1. The van der Waals surface area contributed by atoms with E-state index in [1.807, 2.05) is 10.6 Å². The first kappa shape index (κ1) is 21.8. The molecule has 0 aliphatic heterocycles. The summed E-state index contributed by atoms with van der Waals surface area (Å²) in [5, 5.41) is 1.79. The van der Waals surface area contributed by atoms with E-state index in [0.717, 1.165) is 10.5 Å². The molecule has 10 heteroatoms. The van der Waals surface area contributed by atoms with Gasteiger partial charge in [-0.05, 0) is 41.8 Å². The van der Waals surface area contributed by atoms with Gasteiger partial charge in [-0.1, -0.05) is 53.2 Å². The third-order valence-electron chi connectivity index (χ3n) is 4.67. The van der Waals surface area contributed by atoms with Gasteiger partial charge in [0, 0.05) is 27.9 Å². The van der Waals surface area contributed by atoms with Crippen molar-refractivity contribution in [3.05, 3.63) is 70.0 Å². The minimum Gasteiger partial charge on any atom is -0.382 e. The molecule has 160 valence electrons. The number of alkyl halides is 2. The second-order valence-electron chi connectivity index (χ2n) is 6.77. The van der Waals surface area contributed by atoms with Crippen LogP contribution in [0.25, 0.3) is 11.2 Å². The van der Waals surface area contributed by atoms with Gasteiger partial charge in [0.1, 0.15) is 6.33 Å². The third kappa shape index (κ3) is 4.92. The van der Waals surface area contributed by atoms with Crippen molar-refractivity contribution in [2.45, 2.75) is 35.9 Å². The highest BCUT2D eigenvalue weighted by Gasteiger charge is 2.17. The van der Waals surface area contributed by atoms with Gasteiger partial charge in [-0.25, -0.2) is 23.7 Å². The predicted molar refractivity (Wildman–Crippen MR) is 120 cm³/mol. The van der Waals surface area contributed by atoms with E-state index in [-0.39, 0.29) is 12.2 Å². The molecule has 0 fully saturated rings. The van der Waals surface area contributed by atoms with Gasteiger partial charge < -0.3 is 10.3 Å². The maximum Gasteiger partial charge on any atom is 0.242 e. The van der Waals surface area contributed by atoms with Gasteiger partial charge in [0.15, 0.2) is 22.1 Å². The number of halogens is 4. The topological polar surface area (TPSA) is 69.6 Å². The van der Waals surface area contributed by atoms with Crippen LogP contribution in [0.15, 0.2) is 58.8 Å². The molecule has 31 heavy (non-hydrogen) atoms. The van der Waals surface area contributed by atoms with E-state index < -0.39 is 6.43 Å². The zero-order chi connectivity index (χ0) is 22.0. The molecular weight excluding hydrogens is 463 g/mol. The summed E-state index contributed by atoms with van der Waals surface area (Å²) in [5.41, 5.74) is 8.46. The van der Waals surface area contributed by atoms with Crippen LogP contribution in [0.4, 0.5) is 14.6 Å². The molecule has 2 N–H and O–H groups in total.